The first-order chi connectivity index (χ1) is 9.47. The van der Waals surface area contributed by atoms with Crippen LogP contribution in [-0.2, 0) is 0 Å². The zero-order chi connectivity index (χ0) is 14.7. The van der Waals surface area contributed by atoms with E-state index < -0.39 is 5.97 Å². The van der Waals surface area contributed by atoms with E-state index in [1.807, 2.05) is 0 Å². The summed E-state index contributed by atoms with van der Waals surface area (Å²) in [5.41, 5.74) is 6.18. The van der Waals surface area contributed by atoms with Crippen molar-refractivity contribution in [2.75, 3.05) is 18.4 Å². The molecule has 108 valence electrons. The molecule has 7 heteroatoms. The van der Waals surface area contributed by atoms with E-state index in [2.05, 4.69) is 5.32 Å². The maximum absolute atomic E-state index is 12.1. The van der Waals surface area contributed by atoms with Crippen molar-refractivity contribution in [3.05, 3.63) is 28.8 Å². The minimum atomic E-state index is -1.07. The average Bonchev–Trinajstić information content (AvgIpc) is 2.41. The second-order valence-corrected chi connectivity index (χ2v) is 5.19. The Balaban J connectivity index is 2.10. The number of nitrogens with one attached hydrogen (secondary N) is 1. The molecule has 0 spiro atoms. The summed E-state index contributed by atoms with van der Waals surface area (Å²) in [5, 5.41) is 11.9. The Morgan fingerprint density at radius 3 is 2.85 bits per heavy atom. The molecule has 0 aliphatic carbocycles. The van der Waals surface area contributed by atoms with Gasteiger partial charge in [0.15, 0.2) is 0 Å². The molecular formula is C13H16ClN3O3. The Bertz CT molecular complexity index is 536. The van der Waals surface area contributed by atoms with Crippen LogP contribution < -0.4 is 11.1 Å². The second kappa shape index (κ2) is 6.11. The van der Waals surface area contributed by atoms with Crippen LogP contribution in [0.1, 0.15) is 23.2 Å². The van der Waals surface area contributed by atoms with E-state index in [0.717, 1.165) is 12.8 Å². The average molecular weight is 298 g/mol. The van der Waals surface area contributed by atoms with Crippen molar-refractivity contribution < 1.29 is 14.7 Å². The molecule has 0 aromatic heterocycles. The fourth-order valence-electron chi connectivity index (χ4n) is 2.14. The molecule has 6 nitrogen and oxygen atoms in total. The lowest BCUT2D eigenvalue weighted by molar-refractivity contribution is 0.0697. The number of hydrogen-bond acceptors (Lipinski definition) is 3. The van der Waals surface area contributed by atoms with Gasteiger partial charge in [-0.15, -0.1) is 0 Å². The molecule has 1 fully saturated rings. The molecule has 1 heterocycles. The summed E-state index contributed by atoms with van der Waals surface area (Å²) >= 11 is 5.96. The van der Waals surface area contributed by atoms with E-state index in [1.54, 1.807) is 4.90 Å². The number of nitrogens with two attached hydrogens (primary N) is 1. The van der Waals surface area contributed by atoms with Gasteiger partial charge in [-0.25, -0.2) is 9.59 Å². The van der Waals surface area contributed by atoms with Crippen LogP contribution >= 0.6 is 11.6 Å². The lowest BCUT2D eigenvalue weighted by atomic mass is 10.1. The Hall–Kier alpha value is -1.79. The van der Waals surface area contributed by atoms with E-state index in [1.165, 1.54) is 18.2 Å². The van der Waals surface area contributed by atoms with Crippen LogP contribution in [0.15, 0.2) is 18.2 Å². The standard InChI is InChI=1S/C13H16ClN3O3/c14-10-4-3-8(12(18)19)6-11(10)16-13(20)17-5-1-2-9(15)7-17/h3-4,6,9H,1-2,5,7,15H2,(H,16,20)(H,18,19). The molecule has 2 amide bonds. The van der Waals surface area contributed by atoms with E-state index >= 15 is 0 Å². The van der Waals surface area contributed by atoms with Crippen LogP contribution in [-0.4, -0.2) is 41.1 Å². The number of halogens is 1. The molecule has 0 bridgehead atoms. The van der Waals surface area contributed by atoms with Gasteiger partial charge in [-0.1, -0.05) is 11.6 Å². The number of hydrogen-bond donors (Lipinski definition) is 3. The van der Waals surface area contributed by atoms with Crippen molar-refractivity contribution in [1.82, 2.24) is 4.90 Å². The van der Waals surface area contributed by atoms with E-state index in [4.69, 9.17) is 22.4 Å². The van der Waals surface area contributed by atoms with Crippen LogP contribution in [0.3, 0.4) is 0 Å². The van der Waals surface area contributed by atoms with E-state index in [-0.39, 0.29) is 23.3 Å². The maximum atomic E-state index is 12.1. The van der Waals surface area contributed by atoms with Gasteiger partial charge in [0.2, 0.25) is 0 Å². The minimum absolute atomic E-state index is 0.0182. The molecule has 1 atom stereocenters. The molecule has 1 aromatic rings. The highest BCUT2D eigenvalue weighted by atomic mass is 35.5. The number of anilines is 1. The third-order valence-corrected chi connectivity index (χ3v) is 3.53. The predicted molar refractivity (Wildman–Crippen MR) is 76.2 cm³/mol. The van der Waals surface area contributed by atoms with Crippen molar-refractivity contribution >= 4 is 29.3 Å². The number of rotatable bonds is 2. The Kier molecular flexibility index (Phi) is 4.46. The number of nitrogens with zero attached hydrogens (tertiary/aromatic N) is 1. The molecule has 4 N–H and O–H groups in total. The fraction of sp³-hybridized carbons (Fsp3) is 0.385. The number of urea groups is 1. The quantitative estimate of drug-likeness (QED) is 0.778. The number of aromatic carboxylic acids is 1. The highest BCUT2D eigenvalue weighted by molar-refractivity contribution is 6.33. The molecule has 0 radical (unpaired) electrons. The third-order valence-electron chi connectivity index (χ3n) is 3.20. The summed E-state index contributed by atoms with van der Waals surface area (Å²) in [7, 11) is 0. The summed E-state index contributed by atoms with van der Waals surface area (Å²) in [6, 6.07) is 3.84. The predicted octanol–water partition coefficient (Wildman–Crippen LogP) is 1.99. The monoisotopic (exact) mass is 297 g/mol. The highest BCUT2D eigenvalue weighted by Gasteiger charge is 2.22. The van der Waals surface area contributed by atoms with Crippen molar-refractivity contribution in [1.29, 1.82) is 0 Å². The highest BCUT2D eigenvalue weighted by Crippen LogP contribution is 2.24. The van der Waals surface area contributed by atoms with Crippen molar-refractivity contribution in [2.45, 2.75) is 18.9 Å². The van der Waals surface area contributed by atoms with Gasteiger partial charge in [0.1, 0.15) is 0 Å². The lowest BCUT2D eigenvalue weighted by Crippen LogP contribution is -2.47. The molecule has 1 aromatic carbocycles. The molecule has 0 saturated carbocycles. The second-order valence-electron chi connectivity index (χ2n) is 4.78. The van der Waals surface area contributed by atoms with Gasteiger partial charge in [-0.2, -0.15) is 0 Å². The van der Waals surface area contributed by atoms with Crippen LogP contribution in [0.5, 0.6) is 0 Å². The number of carboxylic acids is 1. The summed E-state index contributed by atoms with van der Waals surface area (Å²) in [4.78, 5) is 24.6. The zero-order valence-electron chi connectivity index (χ0n) is 10.8. The zero-order valence-corrected chi connectivity index (χ0v) is 11.6. The van der Waals surface area contributed by atoms with Crippen LogP contribution in [0.25, 0.3) is 0 Å². The van der Waals surface area contributed by atoms with Gasteiger partial charge < -0.3 is 21.1 Å². The number of benzene rings is 1. The van der Waals surface area contributed by atoms with Crippen molar-refractivity contribution in [3.63, 3.8) is 0 Å². The summed E-state index contributed by atoms with van der Waals surface area (Å²) in [5.74, 6) is -1.07. The van der Waals surface area contributed by atoms with Crippen molar-refractivity contribution in [3.8, 4) is 0 Å². The lowest BCUT2D eigenvalue weighted by Gasteiger charge is -2.30. The number of piperidine rings is 1. The molecule has 1 saturated heterocycles. The summed E-state index contributed by atoms with van der Waals surface area (Å²) in [6.45, 7) is 1.12. The first-order valence-corrected chi connectivity index (χ1v) is 6.69. The Morgan fingerprint density at radius 2 is 2.20 bits per heavy atom. The maximum Gasteiger partial charge on any atom is 0.335 e. The molecule has 1 unspecified atom stereocenters. The molecule has 1 aliphatic rings. The number of carbonyl (C=O) groups is 2. The van der Waals surface area contributed by atoms with Gasteiger partial charge in [0, 0.05) is 19.1 Å². The Labute approximate surface area is 121 Å². The van der Waals surface area contributed by atoms with Gasteiger partial charge in [0.25, 0.3) is 0 Å². The van der Waals surface area contributed by atoms with E-state index in [0.29, 0.717) is 18.1 Å². The summed E-state index contributed by atoms with van der Waals surface area (Å²) in [6.07, 6.45) is 1.76. The molecule has 1 aliphatic heterocycles. The number of likely N-dealkylation sites (tertiary alicyclic amines) is 1. The topological polar surface area (TPSA) is 95.7 Å². The van der Waals surface area contributed by atoms with E-state index in [9.17, 15) is 9.59 Å². The SMILES string of the molecule is NC1CCCN(C(=O)Nc2cc(C(=O)O)ccc2Cl)C1. The molecular weight excluding hydrogens is 282 g/mol. The number of carbonyl (C=O) groups excluding carboxylic acids is 1. The van der Waals surface area contributed by atoms with Crippen LogP contribution in [0.2, 0.25) is 5.02 Å². The number of carboxylic acid groups (broad SMARTS) is 1. The van der Waals surface area contributed by atoms with Crippen molar-refractivity contribution in [2.24, 2.45) is 5.73 Å². The van der Waals surface area contributed by atoms with Crippen LogP contribution in [0.4, 0.5) is 10.5 Å². The van der Waals surface area contributed by atoms with Crippen LogP contribution in [0, 0.1) is 0 Å². The van der Waals surface area contributed by atoms with Gasteiger partial charge >= 0.3 is 12.0 Å². The van der Waals surface area contributed by atoms with Gasteiger partial charge in [-0.05, 0) is 31.0 Å². The largest absolute Gasteiger partial charge is 0.478 e. The first-order valence-electron chi connectivity index (χ1n) is 6.31. The number of amides is 2. The molecule has 2 rings (SSSR count). The smallest absolute Gasteiger partial charge is 0.335 e. The normalized spacial score (nSPS) is 18.7. The summed E-state index contributed by atoms with van der Waals surface area (Å²) < 4.78 is 0. The third kappa shape index (κ3) is 3.40. The van der Waals surface area contributed by atoms with Gasteiger partial charge in [-0.3, -0.25) is 0 Å². The fourth-order valence-corrected chi connectivity index (χ4v) is 2.31. The molecule has 20 heavy (non-hydrogen) atoms. The Morgan fingerprint density at radius 1 is 1.45 bits per heavy atom. The van der Waals surface area contributed by atoms with Gasteiger partial charge in [0.05, 0.1) is 16.3 Å². The minimum Gasteiger partial charge on any atom is -0.478 e. The first kappa shape index (κ1) is 14.6.